The molecule has 2 aromatic rings. The number of halogens is 1. The number of thioether (sulfide) groups is 1. The standard InChI is InChI=1S/C12H13ClN4S2/c1-19-6-4-11(18)15-10-8-17(16-12(10)13)9-3-2-5-14-7-9/h2-3,5,7-8H,4,6H2,1H3,(H,15,18). The molecule has 0 aliphatic heterocycles. The van der Waals surface area contributed by atoms with Crippen molar-refractivity contribution in [1.29, 1.82) is 0 Å². The summed E-state index contributed by atoms with van der Waals surface area (Å²) in [5.74, 6) is 0.986. The second-order valence-electron chi connectivity index (χ2n) is 3.78. The highest BCUT2D eigenvalue weighted by Crippen LogP contribution is 2.22. The van der Waals surface area contributed by atoms with Gasteiger partial charge in [0.05, 0.1) is 28.8 Å². The molecule has 0 unspecified atom stereocenters. The summed E-state index contributed by atoms with van der Waals surface area (Å²) in [5.41, 5.74) is 1.57. The Hall–Kier alpha value is -1.11. The maximum atomic E-state index is 6.09. The molecule has 2 aromatic heterocycles. The normalized spacial score (nSPS) is 10.4. The SMILES string of the molecule is CSCCC(=S)Nc1cn(-c2cccnc2)nc1Cl. The van der Waals surface area contributed by atoms with Crippen molar-refractivity contribution in [1.82, 2.24) is 14.8 Å². The maximum absolute atomic E-state index is 6.09. The number of pyridine rings is 1. The second-order valence-corrected chi connectivity index (χ2v) is 5.62. The molecule has 0 fully saturated rings. The molecule has 0 aliphatic rings. The number of anilines is 1. The molecule has 4 nitrogen and oxygen atoms in total. The summed E-state index contributed by atoms with van der Waals surface area (Å²) in [6.07, 6.45) is 8.12. The van der Waals surface area contributed by atoms with Gasteiger partial charge in [-0.15, -0.1) is 0 Å². The lowest BCUT2D eigenvalue weighted by Gasteiger charge is -2.04. The van der Waals surface area contributed by atoms with Gasteiger partial charge in [-0.2, -0.15) is 16.9 Å². The Morgan fingerprint density at radius 3 is 3.11 bits per heavy atom. The fourth-order valence-corrected chi connectivity index (χ4v) is 2.39. The lowest BCUT2D eigenvalue weighted by atomic mass is 10.4. The van der Waals surface area contributed by atoms with Gasteiger partial charge in [0.2, 0.25) is 0 Å². The molecule has 100 valence electrons. The summed E-state index contributed by atoms with van der Waals surface area (Å²) >= 11 is 13.1. The zero-order chi connectivity index (χ0) is 13.7. The van der Waals surface area contributed by atoms with Crippen LogP contribution in [0.25, 0.3) is 5.69 Å². The monoisotopic (exact) mass is 312 g/mol. The number of nitrogens with one attached hydrogen (secondary N) is 1. The molecule has 2 heterocycles. The van der Waals surface area contributed by atoms with E-state index in [9.17, 15) is 0 Å². The zero-order valence-corrected chi connectivity index (χ0v) is 12.7. The van der Waals surface area contributed by atoms with Crippen molar-refractivity contribution in [2.75, 3.05) is 17.3 Å². The van der Waals surface area contributed by atoms with Gasteiger partial charge in [0.15, 0.2) is 5.15 Å². The summed E-state index contributed by atoms with van der Waals surface area (Å²) in [7, 11) is 0. The molecular formula is C12H13ClN4S2. The molecule has 0 saturated carbocycles. The van der Waals surface area contributed by atoms with Crippen molar-refractivity contribution in [2.45, 2.75) is 6.42 Å². The molecule has 0 atom stereocenters. The first-order valence-corrected chi connectivity index (χ1v) is 7.83. The fraction of sp³-hybridized carbons (Fsp3) is 0.250. The predicted molar refractivity (Wildman–Crippen MR) is 85.6 cm³/mol. The topological polar surface area (TPSA) is 42.7 Å². The lowest BCUT2D eigenvalue weighted by molar-refractivity contribution is 0.874. The summed E-state index contributed by atoms with van der Waals surface area (Å²) < 4.78 is 1.68. The van der Waals surface area contributed by atoms with Crippen LogP contribution in [0.2, 0.25) is 5.15 Å². The van der Waals surface area contributed by atoms with E-state index in [-0.39, 0.29) is 0 Å². The van der Waals surface area contributed by atoms with Gasteiger partial charge in [0, 0.05) is 12.6 Å². The van der Waals surface area contributed by atoms with Crippen molar-refractivity contribution in [3.63, 3.8) is 0 Å². The summed E-state index contributed by atoms with van der Waals surface area (Å²) in [6, 6.07) is 3.76. The average Bonchev–Trinajstić information content (AvgIpc) is 2.79. The Balaban J connectivity index is 2.11. The molecule has 0 amide bonds. The van der Waals surface area contributed by atoms with Crippen molar-refractivity contribution < 1.29 is 0 Å². The molecule has 0 aromatic carbocycles. The molecule has 2 rings (SSSR count). The van der Waals surface area contributed by atoms with E-state index in [4.69, 9.17) is 23.8 Å². The minimum Gasteiger partial charge on any atom is -0.346 e. The molecule has 0 bridgehead atoms. The maximum Gasteiger partial charge on any atom is 0.174 e. The third kappa shape index (κ3) is 3.92. The Morgan fingerprint density at radius 2 is 2.42 bits per heavy atom. The first kappa shape index (κ1) is 14.3. The van der Waals surface area contributed by atoms with Gasteiger partial charge in [0.1, 0.15) is 0 Å². The number of hydrogen-bond donors (Lipinski definition) is 1. The molecule has 1 N–H and O–H groups in total. The third-order valence-electron chi connectivity index (χ3n) is 2.39. The number of nitrogens with zero attached hydrogens (tertiary/aromatic N) is 3. The molecular weight excluding hydrogens is 300 g/mol. The summed E-state index contributed by atoms with van der Waals surface area (Å²) in [6.45, 7) is 0. The van der Waals surface area contributed by atoms with E-state index in [1.165, 1.54) is 0 Å². The van der Waals surface area contributed by atoms with E-state index in [2.05, 4.69) is 21.7 Å². The Bertz CT molecular complexity index is 556. The smallest absolute Gasteiger partial charge is 0.174 e. The highest BCUT2D eigenvalue weighted by atomic mass is 35.5. The van der Waals surface area contributed by atoms with Gasteiger partial charge >= 0.3 is 0 Å². The van der Waals surface area contributed by atoms with Crippen LogP contribution in [0.5, 0.6) is 0 Å². The van der Waals surface area contributed by atoms with Gasteiger partial charge in [-0.05, 0) is 24.1 Å². The van der Waals surface area contributed by atoms with Gasteiger partial charge in [-0.1, -0.05) is 23.8 Å². The van der Waals surface area contributed by atoms with Crippen LogP contribution in [0.4, 0.5) is 5.69 Å². The van der Waals surface area contributed by atoms with Crippen LogP contribution in [-0.2, 0) is 0 Å². The Labute approximate surface area is 126 Å². The minimum atomic E-state index is 0.398. The van der Waals surface area contributed by atoms with Gasteiger partial charge in [-0.25, -0.2) is 4.68 Å². The largest absolute Gasteiger partial charge is 0.346 e. The van der Waals surface area contributed by atoms with E-state index < -0.39 is 0 Å². The van der Waals surface area contributed by atoms with Crippen LogP contribution in [-0.4, -0.2) is 31.8 Å². The van der Waals surface area contributed by atoms with Crippen LogP contribution < -0.4 is 5.32 Å². The minimum absolute atomic E-state index is 0.398. The van der Waals surface area contributed by atoms with Crippen LogP contribution in [0.1, 0.15) is 6.42 Å². The Kier molecular flexibility index (Phi) is 5.18. The van der Waals surface area contributed by atoms with Gasteiger partial charge in [0.25, 0.3) is 0 Å². The predicted octanol–water partition coefficient (Wildman–Crippen LogP) is 3.41. The molecule has 7 heteroatoms. The molecule has 0 spiro atoms. The summed E-state index contributed by atoms with van der Waals surface area (Å²) in [5, 5.41) is 7.75. The highest BCUT2D eigenvalue weighted by molar-refractivity contribution is 7.98. The molecule has 0 radical (unpaired) electrons. The van der Waals surface area contributed by atoms with Crippen LogP contribution in [0.3, 0.4) is 0 Å². The van der Waals surface area contributed by atoms with Crippen molar-refractivity contribution in [3.05, 3.63) is 35.9 Å². The molecule has 19 heavy (non-hydrogen) atoms. The number of aromatic nitrogens is 3. The van der Waals surface area contributed by atoms with E-state index >= 15 is 0 Å². The molecule has 0 saturated heterocycles. The van der Waals surface area contributed by atoms with Crippen LogP contribution in [0.15, 0.2) is 30.7 Å². The number of hydrogen-bond acceptors (Lipinski definition) is 4. The molecule has 0 aliphatic carbocycles. The fourth-order valence-electron chi connectivity index (χ4n) is 1.47. The van der Waals surface area contributed by atoms with Crippen molar-refractivity contribution in [3.8, 4) is 5.69 Å². The third-order valence-corrected chi connectivity index (χ3v) is 3.58. The van der Waals surface area contributed by atoms with E-state index in [1.54, 1.807) is 28.8 Å². The summed E-state index contributed by atoms with van der Waals surface area (Å²) in [4.78, 5) is 4.81. The van der Waals surface area contributed by atoms with E-state index in [1.807, 2.05) is 18.3 Å². The second kappa shape index (κ2) is 6.88. The van der Waals surface area contributed by atoms with Crippen LogP contribution >= 0.6 is 35.6 Å². The highest BCUT2D eigenvalue weighted by Gasteiger charge is 2.09. The first-order chi connectivity index (χ1) is 9.20. The van der Waals surface area contributed by atoms with Gasteiger partial charge in [-0.3, -0.25) is 4.98 Å². The van der Waals surface area contributed by atoms with Gasteiger partial charge < -0.3 is 5.32 Å². The lowest BCUT2D eigenvalue weighted by Crippen LogP contribution is -2.09. The van der Waals surface area contributed by atoms with Crippen LogP contribution in [0, 0.1) is 0 Å². The first-order valence-electron chi connectivity index (χ1n) is 5.65. The van der Waals surface area contributed by atoms with E-state index in [0.29, 0.717) is 5.15 Å². The number of rotatable bonds is 5. The van der Waals surface area contributed by atoms with Crippen molar-refractivity contribution >= 4 is 46.3 Å². The van der Waals surface area contributed by atoms with E-state index in [0.717, 1.165) is 28.5 Å². The number of thiocarbonyl (C=S) groups is 1. The van der Waals surface area contributed by atoms with Crippen molar-refractivity contribution in [2.24, 2.45) is 0 Å². The quantitative estimate of drug-likeness (QED) is 0.857. The average molecular weight is 313 g/mol. The Morgan fingerprint density at radius 1 is 1.58 bits per heavy atom. The zero-order valence-electron chi connectivity index (χ0n) is 10.3.